The number of hydrogen-bond donors (Lipinski definition) is 1. The van der Waals surface area contributed by atoms with E-state index in [0.717, 1.165) is 30.6 Å². The van der Waals surface area contributed by atoms with E-state index < -0.39 is 0 Å². The van der Waals surface area contributed by atoms with Gasteiger partial charge >= 0.3 is 0 Å². The Morgan fingerprint density at radius 3 is 2.85 bits per heavy atom. The number of hydrogen-bond acceptors (Lipinski definition) is 4. The molecule has 3 rings (SSSR count). The SMILES string of the molecule is Cc1nc(N(C)Cc2cccs2)ccc1CNC1CC1. The third kappa shape index (κ3) is 3.38. The predicted molar refractivity (Wildman–Crippen MR) is 85.3 cm³/mol. The highest BCUT2D eigenvalue weighted by molar-refractivity contribution is 7.09. The van der Waals surface area contributed by atoms with Gasteiger partial charge in [0.15, 0.2) is 0 Å². The Morgan fingerprint density at radius 1 is 1.35 bits per heavy atom. The average molecular weight is 287 g/mol. The highest BCUT2D eigenvalue weighted by atomic mass is 32.1. The van der Waals surface area contributed by atoms with Crippen LogP contribution in [0.4, 0.5) is 5.82 Å². The number of pyridine rings is 1. The van der Waals surface area contributed by atoms with E-state index in [1.807, 2.05) is 0 Å². The number of nitrogens with zero attached hydrogens (tertiary/aromatic N) is 2. The van der Waals surface area contributed by atoms with Crippen molar-refractivity contribution < 1.29 is 0 Å². The summed E-state index contributed by atoms with van der Waals surface area (Å²) in [7, 11) is 2.10. The van der Waals surface area contributed by atoms with Crippen LogP contribution in [0.15, 0.2) is 29.6 Å². The smallest absolute Gasteiger partial charge is 0.128 e. The number of thiophene rings is 1. The van der Waals surface area contributed by atoms with Crippen molar-refractivity contribution in [3.05, 3.63) is 45.8 Å². The molecule has 1 aliphatic carbocycles. The summed E-state index contributed by atoms with van der Waals surface area (Å²) in [5.41, 5.74) is 2.44. The summed E-state index contributed by atoms with van der Waals surface area (Å²) >= 11 is 1.79. The van der Waals surface area contributed by atoms with Gasteiger partial charge in [-0.25, -0.2) is 4.98 Å². The predicted octanol–water partition coefficient (Wildman–Crippen LogP) is 3.34. The molecule has 0 bridgehead atoms. The normalized spacial score (nSPS) is 14.5. The van der Waals surface area contributed by atoms with E-state index in [4.69, 9.17) is 4.98 Å². The van der Waals surface area contributed by atoms with Crippen molar-refractivity contribution in [2.75, 3.05) is 11.9 Å². The Bertz CT molecular complexity index is 561. The van der Waals surface area contributed by atoms with E-state index in [1.165, 1.54) is 23.3 Å². The Kier molecular flexibility index (Phi) is 4.03. The first-order chi connectivity index (χ1) is 9.72. The second kappa shape index (κ2) is 5.94. The van der Waals surface area contributed by atoms with Gasteiger partial charge in [0.2, 0.25) is 0 Å². The van der Waals surface area contributed by atoms with Crippen LogP contribution in [-0.2, 0) is 13.1 Å². The van der Waals surface area contributed by atoms with Crippen LogP contribution in [-0.4, -0.2) is 18.1 Å². The molecule has 0 saturated heterocycles. The number of anilines is 1. The van der Waals surface area contributed by atoms with Crippen LogP contribution in [0.2, 0.25) is 0 Å². The molecule has 0 spiro atoms. The van der Waals surface area contributed by atoms with Crippen molar-refractivity contribution in [2.45, 2.75) is 38.9 Å². The van der Waals surface area contributed by atoms with E-state index in [0.29, 0.717) is 0 Å². The maximum atomic E-state index is 4.74. The molecule has 1 saturated carbocycles. The van der Waals surface area contributed by atoms with Gasteiger partial charge in [0, 0.05) is 30.2 Å². The van der Waals surface area contributed by atoms with Crippen LogP contribution in [0.25, 0.3) is 0 Å². The number of nitrogens with one attached hydrogen (secondary N) is 1. The average Bonchev–Trinajstić information content (AvgIpc) is 3.13. The molecule has 0 radical (unpaired) electrons. The molecule has 2 aromatic heterocycles. The van der Waals surface area contributed by atoms with Crippen molar-refractivity contribution >= 4 is 17.2 Å². The number of aromatic nitrogens is 1. The lowest BCUT2D eigenvalue weighted by atomic mass is 10.2. The summed E-state index contributed by atoms with van der Waals surface area (Å²) in [4.78, 5) is 8.31. The Labute approximate surface area is 124 Å². The number of aryl methyl sites for hydroxylation is 1. The second-order valence-electron chi connectivity index (χ2n) is 5.50. The fraction of sp³-hybridized carbons (Fsp3) is 0.438. The van der Waals surface area contributed by atoms with E-state index >= 15 is 0 Å². The van der Waals surface area contributed by atoms with Gasteiger partial charge in [-0.2, -0.15) is 0 Å². The topological polar surface area (TPSA) is 28.2 Å². The van der Waals surface area contributed by atoms with Gasteiger partial charge in [-0.3, -0.25) is 0 Å². The molecular formula is C16H21N3S. The van der Waals surface area contributed by atoms with Crippen LogP contribution in [0.3, 0.4) is 0 Å². The molecule has 20 heavy (non-hydrogen) atoms. The maximum absolute atomic E-state index is 4.74. The minimum atomic E-state index is 0.746. The lowest BCUT2D eigenvalue weighted by molar-refractivity contribution is 0.682. The summed E-state index contributed by atoms with van der Waals surface area (Å²) in [5.74, 6) is 1.05. The molecular weight excluding hydrogens is 266 g/mol. The molecule has 2 aromatic rings. The molecule has 3 nitrogen and oxygen atoms in total. The monoisotopic (exact) mass is 287 g/mol. The van der Waals surface area contributed by atoms with Crippen LogP contribution in [0, 0.1) is 6.92 Å². The summed E-state index contributed by atoms with van der Waals surface area (Å²) in [6.07, 6.45) is 2.65. The van der Waals surface area contributed by atoms with Gasteiger partial charge in [0.05, 0.1) is 6.54 Å². The molecule has 4 heteroatoms. The molecule has 0 atom stereocenters. The molecule has 0 aromatic carbocycles. The molecule has 0 amide bonds. The largest absolute Gasteiger partial charge is 0.355 e. The van der Waals surface area contributed by atoms with Crippen LogP contribution in [0.5, 0.6) is 0 Å². The molecule has 1 fully saturated rings. The zero-order chi connectivity index (χ0) is 13.9. The van der Waals surface area contributed by atoms with E-state index in [-0.39, 0.29) is 0 Å². The van der Waals surface area contributed by atoms with Gasteiger partial charge in [0.25, 0.3) is 0 Å². The zero-order valence-electron chi connectivity index (χ0n) is 12.1. The van der Waals surface area contributed by atoms with Gasteiger partial charge < -0.3 is 10.2 Å². The Hall–Kier alpha value is -1.39. The quantitative estimate of drug-likeness (QED) is 0.883. The van der Waals surface area contributed by atoms with Crippen molar-refractivity contribution in [2.24, 2.45) is 0 Å². The Morgan fingerprint density at radius 2 is 2.20 bits per heavy atom. The molecule has 1 N–H and O–H groups in total. The van der Waals surface area contributed by atoms with Gasteiger partial charge in [0.1, 0.15) is 5.82 Å². The third-order valence-corrected chi connectivity index (χ3v) is 4.56. The van der Waals surface area contributed by atoms with E-state index in [9.17, 15) is 0 Å². The second-order valence-corrected chi connectivity index (χ2v) is 6.54. The van der Waals surface area contributed by atoms with E-state index in [2.05, 4.69) is 53.8 Å². The maximum Gasteiger partial charge on any atom is 0.128 e. The van der Waals surface area contributed by atoms with Crippen LogP contribution >= 0.6 is 11.3 Å². The molecule has 2 heterocycles. The van der Waals surface area contributed by atoms with Crippen LogP contribution < -0.4 is 10.2 Å². The number of rotatable bonds is 6. The van der Waals surface area contributed by atoms with Gasteiger partial charge in [-0.05, 0) is 42.8 Å². The van der Waals surface area contributed by atoms with Crippen molar-refractivity contribution in [3.8, 4) is 0 Å². The van der Waals surface area contributed by atoms with Crippen molar-refractivity contribution in [1.82, 2.24) is 10.3 Å². The lowest BCUT2D eigenvalue weighted by Crippen LogP contribution is -2.19. The Balaban J connectivity index is 1.65. The zero-order valence-corrected chi connectivity index (χ0v) is 12.9. The summed E-state index contributed by atoms with van der Waals surface area (Å²) in [6.45, 7) is 3.97. The first kappa shape index (κ1) is 13.6. The summed E-state index contributed by atoms with van der Waals surface area (Å²) in [5, 5.41) is 5.67. The highest BCUT2D eigenvalue weighted by Crippen LogP contribution is 2.21. The molecule has 106 valence electrons. The van der Waals surface area contributed by atoms with Crippen molar-refractivity contribution in [1.29, 1.82) is 0 Å². The highest BCUT2D eigenvalue weighted by Gasteiger charge is 2.20. The van der Waals surface area contributed by atoms with Gasteiger partial charge in [-0.15, -0.1) is 11.3 Å². The lowest BCUT2D eigenvalue weighted by Gasteiger charge is -2.18. The fourth-order valence-corrected chi connectivity index (χ4v) is 2.99. The first-order valence-corrected chi connectivity index (χ1v) is 8.04. The minimum absolute atomic E-state index is 0.746. The first-order valence-electron chi connectivity index (χ1n) is 7.16. The van der Waals surface area contributed by atoms with Crippen LogP contribution in [0.1, 0.15) is 29.0 Å². The minimum Gasteiger partial charge on any atom is -0.355 e. The fourth-order valence-electron chi connectivity index (χ4n) is 2.24. The van der Waals surface area contributed by atoms with Gasteiger partial charge in [-0.1, -0.05) is 12.1 Å². The van der Waals surface area contributed by atoms with E-state index in [1.54, 1.807) is 11.3 Å². The van der Waals surface area contributed by atoms with Crippen molar-refractivity contribution in [3.63, 3.8) is 0 Å². The third-order valence-electron chi connectivity index (χ3n) is 3.70. The molecule has 0 unspecified atom stereocenters. The molecule has 0 aliphatic heterocycles. The summed E-state index contributed by atoms with van der Waals surface area (Å²) < 4.78 is 0. The summed E-state index contributed by atoms with van der Waals surface area (Å²) in [6, 6.07) is 9.35. The molecule has 1 aliphatic rings. The standard InChI is InChI=1S/C16H21N3S/c1-12-13(10-17-14-6-7-14)5-8-16(18-12)19(2)11-15-4-3-9-20-15/h3-5,8-9,14,17H,6-7,10-11H2,1-2H3.